The van der Waals surface area contributed by atoms with Crippen LogP contribution in [0.5, 0.6) is 0 Å². The van der Waals surface area contributed by atoms with Crippen LogP contribution in [0.3, 0.4) is 0 Å². The van der Waals surface area contributed by atoms with E-state index in [9.17, 15) is 0 Å². The summed E-state index contributed by atoms with van der Waals surface area (Å²) in [6, 6.07) is 10.6. The molecule has 3 aromatic rings. The monoisotopic (exact) mass is 299 g/mol. The second-order valence-corrected chi connectivity index (χ2v) is 7.20. The number of nitrogens with zero attached hydrogens (tertiary/aromatic N) is 3. The highest BCUT2D eigenvalue weighted by Crippen LogP contribution is 2.47. The van der Waals surface area contributed by atoms with Crippen molar-refractivity contribution in [2.75, 3.05) is 0 Å². The second-order valence-electron chi connectivity index (χ2n) is 4.79. The van der Waals surface area contributed by atoms with Gasteiger partial charge in [0.1, 0.15) is 5.01 Å². The van der Waals surface area contributed by atoms with Gasteiger partial charge in [-0.25, -0.2) is 9.50 Å². The van der Waals surface area contributed by atoms with Crippen LogP contribution in [0.4, 0.5) is 0 Å². The normalized spacial score (nSPS) is 18.6. The fourth-order valence-corrected chi connectivity index (χ4v) is 4.33. The molecule has 0 spiro atoms. The molecule has 1 atom stereocenters. The number of allylic oxidation sites excluding steroid dienone is 1. The molecular formula is C15H13N3S2. The number of aromatic nitrogens is 3. The number of thioether (sulfide) groups is 1. The lowest BCUT2D eigenvalue weighted by Gasteiger charge is -2.06. The first kappa shape index (κ1) is 12.2. The molecule has 3 heterocycles. The Bertz CT molecular complexity index is 754. The highest BCUT2D eigenvalue weighted by molar-refractivity contribution is 8.08. The minimum Gasteiger partial charge on any atom is -0.221 e. The molecular weight excluding hydrogens is 286 g/mol. The molecule has 1 aliphatic heterocycles. The van der Waals surface area contributed by atoms with Crippen LogP contribution in [0.1, 0.15) is 27.9 Å². The molecule has 0 N–H and O–H groups in total. The van der Waals surface area contributed by atoms with Crippen LogP contribution in [0.2, 0.25) is 0 Å². The highest BCUT2D eigenvalue weighted by atomic mass is 32.2. The van der Waals surface area contributed by atoms with Crippen LogP contribution < -0.4 is 0 Å². The number of aryl methyl sites for hydroxylation is 1. The molecule has 0 aliphatic carbocycles. The van der Waals surface area contributed by atoms with Gasteiger partial charge in [-0.05, 0) is 18.9 Å². The van der Waals surface area contributed by atoms with Crippen molar-refractivity contribution in [3.8, 4) is 0 Å². The van der Waals surface area contributed by atoms with E-state index in [0.717, 1.165) is 22.1 Å². The Hall–Kier alpha value is -1.59. The predicted octanol–water partition coefficient (Wildman–Crippen LogP) is 4.32. The van der Waals surface area contributed by atoms with E-state index in [0.29, 0.717) is 5.25 Å². The number of hydrogen-bond donors (Lipinski definition) is 0. The van der Waals surface area contributed by atoms with E-state index >= 15 is 0 Å². The molecule has 0 saturated carbocycles. The Balaban J connectivity index is 1.58. The van der Waals surface area contributed by atoms with E-state index in [1.165, 1.54) is 10.5 Å². The average Bonchev–Trinajstić information content (AvgIpc) is 3.12. The molecule has 100 valence electrons. The minimum atomic E-state index is 0.416. The fraction of sp³-hybridized carbons (Fsp3) is 0.200. The van der Waals surface area contributed by atoms with Crippen molar-refractivity contribution in [2.24, 2.45) is 0 Å². The van der Waals surface area contributed by atoms with Crippen molar-refractivity contribution in [1.82, 2.24) is 14.6 Å². The molecule has 1 unspecified atom stereocenters. The van der Waals surface area contributed by atoms with E-state index in [1.807, 2.05) is 23.2 Å². The third-order valence-corrected chi connectivity index (χ3v) is 5.55. The maximum atomic E-state index is 4.71. The molecule has 0 bridgehead atoms. The summed E-state index contributed by atoms with van der Waals surface area (Å²) in [4.78, 5) is 7.06. The zero-order valence-corrected chi connectivity index (χ0v) is 12.6. The number of benzene rings is 1. The number of imidazole rings is 1. The number of fused-ring (bicyclic) bond motifs is 1. The molecule has 5 heteroatoms. The molecule has 0 amide bonds. The largest absolute Gasteiger partial charge is 0.221 e. The van der Waals surface area contributed by atoms with Gasteiger partial charge in [-0.3, -0.25) is 0 Å². The van der Waals surface area contributed by atoms with E-state index in [1.54, 1.807) is 11.3 Å². The molecule has 0 radical (unpaired) electrons. The first-order valence-corrected chi connectivity index (χ1v) is 8.24. The van der Waals surface area contributed by atoms with Crippen LogP contribution >= 0.6 is 23.1 Å². The van der Waals surface area contributed by atoms with Crippen molar-refractivity contribution >= 4 is 33.0 Å². The molecule has 2 aromatic heterocycles. The summed E-state index contributed by atoms with van der Waals surface area (Å²) in [6.45, 7) is 2.01. The van der Waals surface area contributed by atoms with Gasteiger partial charge in [-0.1, -0.05) is 47.7 Å². The van der Waals surface area contributed by atoms with Gasteiger partial charge >= 0.3 is 0 Å². The number of hydrogen-bond acceptors (Lipinski definition) is 4. The van der Waals surface area contributed by atoms with Crippen LogP contribution in [0.25, 0.3) is 9.87 Å². The maximum absolute atomic E-state index is 4.71. The molecule has 1 aliphatic rings. The Kier molecular flexibility index (Phi) is 2.89. The summed E-state index contributed by atoms with van der Waals surface area (Å²) in [6.07, 6.45) is 5.42. The van der Waals surface area contributed by atoms with Gasteiger partial charge in [0.25, 0.3) is 0 Å². The van der Waals surface area contributed by atoms with Gasteiger partial charge < -0.3 is 0 Å². The summed E-state index contributed by atoms with van der Waals surface area (Å²) in [5, 5.41) is 5.90. The first-order chi connectivity index (χ1) is 9.79. The number of rotatable bonds is 2. The molecule has 4 rings (SSSR count). The molecule has 0 saturated heterocycles. The fourth-order valence-electron chi connectivity index (χ4n) is 2.40. The van der Waals surface area contributed by atoms with E-state index in [4.69, 9.17) is 4.98 Å². The van der Waals surface area contributed by atoms with Crippen LogP contribution in [-0.2, 0) is 0 Å². The van der Waals surface area contributed by atoms with Crippen LogP contribution in [-0.4, -0.2) is 14.6 Å². The Morgan fingerprint density at radius 3 is 2.90 bits per heavy atom. The maximum Gasteiger partial charge on any atom is 0.212 e. The lowest BCUT2D eigenvalue weighted by atomic mass is 10.2. The average molecular weight is 299 g/mol. The van der Waals surface area contributed by atoms with Gasteiger partial charge in [-0.2, -0.15) is 5.10 Å². The van der Waals surface area contributed by atoms with Crippen molar-refractivity contribution < 1.29 is 0 Å². The summed E-state index contributed by atoms with van der Waals surface area (Å²) >= 11 is 3.55. The van der Waals surface area contributed by atoms with Crippen molar-refractivity contribution in [3.05, 3.63) is 58.9 Å². The summed E-state index contributed by atoms with van der Waals surface area (Å²) in [5.41, 5.74) is 2.44. The molecule has 1 aromatic carbocycles. The topological polar surface area (TPSA) is 30.2 Å². The minimum absolute atomic E-state index is 0.416. The molecule has 3 nitrogen and oxygen atoms in total. The van der Waals surface area contributed by atoms with Crippen molar-refractivity contribution in [1.29, 1.82) is 0 Å². The van der Waals surface area contributed by atoms with Gasteiger partial charge in [-0.15, -0.1) is 11.8 Å². The molecule has 20 heavy (non-hydrogen) atoms. The van der Waals surface area contributed by atoms with E-state index < -0.39 is 0 Å². The van der Waals surface area contributed by atoms with Crippen LogP contribution in [0, 0.1) is 6.92 Å². The van der Waals surface area contributed by atoms with Crippen LogP contribution in [0.15, 0.2) is 42.6 Å². The van der Waals surface area contributed by atoms with E-state index in [-0.39, 0.29) is 0 Å². The first-order valence-electron chi connectivity index (χ1n) is 6.54. The lowest BCUT2D eigenvalue weighted by molar-refractivity contribution is 0.918. The zero-order chi connectivity index (χ0) is 13.5. The van der Waals surface area contributed by atoms with Gasteiger partial charge in [0.2, 0.25) is 4.96 Å². The quantitative estimate of drug-likeness (QED) is 0.706. The van der Waals surface area contributed by atoms with Gasteiger partial charge in [0.05, 0.1) is 17.1 Å². The lowest BCUT2D eigenvalue weighted by Crippen LogP contribution is -1.89. The Morgan fingerprint density at radius 2 is 2.10 bits per heavy atom. The predicted molar refractivity (Wildman–Crippen MR) is 85.0 cm³/mol. The SMILES string of the molecule is Cc1nn2cc(C3CC=C(c4ccccc4)S3)nc2s1. The van der Waals surface area contributed by atoms with Gasteiger partial charge in [0.15, 0.2) is 0 Å². The smallest absolute Gasteiger partial charge is 0.212 e. The zero-order valence-electron chi connectivity index (χ0n) is 11.0. The highest BCUT2D eigenvalue weighted by Gasteiger charge is 2.23. The summed E-state index contributed by atoms with van der Waals surface area (Å²) in [5.74, 6) is 0. The summed E-state index contributed by atoms with van der Waals surface area (Å²) < 4.78 is 1.90. The Morgan fingerprint density at radius 1 is 1.25 bits per heavy atom. The van der Waals surface area contributed by atoms with Crippen molar-refractivity contribution in [2.45, 2.75) is 18.6 Å². The second kappa shape index (κ2) is 4.75. The third kappa shape index (κ3) is 2.07. The standard InChI is InChI=1S/C15H13N3S2/c1-10-17-18-9-12(16-15(18)19-10)14-8-7-13(20-14)11-5-3-2-4-6-11/h2-7,9,14H,8H2,1H3. The Labute approximate surface area is 125 Å². The van der Waals surface area contributed by atoms with Crippen molar-refractivity contribution in [3.63, 3.8) is 0 Å². The molecule has 0 fully saturated rings. The summed E-state index contributed by atoms with van der Waals surface area (Å²) in [7, 11) is 0. The van der Waals surface area contributed by atoms with Gasteiger partial charge in [0, 0.05) is 4.91 Å². The van der Waals surface area contributed by atoms with E-state index in [2.05, 4.69) is 47.7 Å². The third-order valence-electron chi connectivity index (χ3n) is 3.34.